The number of benzene rings is 1. The van der Waals surface area contributed by atoms with Gasteiger partial charge in [0.15, 0.2) is 0 Å². The molecule has 1 amide bonds. The molecule has 2 fully saturated rings. The highest BCUT2D eigenvalue weighted by atomic mass is 35.5. The van der Waals surface area contributed by atoms with E-state index in [4.69, 9.17) is 11.6 Å². The number of halogens is 1. The number of fused-ring (bicyclic) bond motifs is 1. The number of nitrogens with one attached hydrogen (secondary N) is 1. The summed E-state index contributed by atoms with van der Waals surface area (Å²) in [4.78, 5) is 21.7. The third kappa shape index (κ3) is 3.40. The molecule has 2 saturated carbocycles. The van der Waals surface area contributed by atoms with Crippen molar-refractivity contribution < 1.29 is 4.79 Å². The van der Waals surface area contributed by atoms with Crippen molar-refractivity contribution in [2.24, 2.45) is 11.3 Å². The summed E-state index contributed by atoms with van der Waals surface area (Å²) in [5.74, 6) is 0.807. The van der Waals surface area contributed by atoms with Crippen molar-refractivity contribution in [3.8, 4) is 0 Å². The second-order valence-electron chi connectivity index (χ2n) is 8.52. The smallest absolute Gasteiger partial charge is 0.228 e. The zero-order chi connectivity index (χ0) is 19.8. The summed E-state index contributed by atoms with van der Waals surface area (Å²) in [5.41, 5.74) is 3.38. The second-order valence-corrected chi connectivity index (χ2v) is 8.95. The van der Waals surface area contributed by atoms with Crippen molar-refractivity contribution in [3.63, 3.8) is 0 Å². The maximum atomic E-state index is 12.9. The van der Waals surface area contributed by atoms with Gasteiger partial charge in [-0.1, -0.05) is 11.6 Å². The van der Waals surface area contributed by atoms with Crippen LogP contribution in [0.1, 0.15) is 50.0 Å². The van der Waals surface area contributed by atoms with E-state index in [1.807, 2.05) is 42.7 Å². The number of hydrogen-bond acceptors (Lipinski definition) is 3. The van der Waals surface area contributed by atoms with Crippen LogP contribution in [0.3, 0.4) is 0 Å². The van der Waals surface area contributed by atoms with E-state index >= 15 is 0 Å². The lowest BCUT2D eigenvalue weighted by molar-refractivity contribution is -0.133. The average Bonchev–Trinajstić information content (AvgIpc) is 2.74. The van der Waals surface area contributed by atoms with E-state index < -0.39 is 0 Å². The van der Waals surface area contributed by atoms with E-state index in [0.29, 0.717) is 10.9 Å². The van der Waals surface area contributed by atoms with Gasteiger partial charge in [-0.3, -0.25) is 14.8 Å². The molecule has 2 aliphatic carbocycles. The molecule has 1 N–H and O–H groups in total. The van der Waals surface area contributed by atoms with Gasteiger partial charge in [-0.25, -0.2) is 0 Å². The molecule has 2 aromatic heterocycles. The third-order valence-corrected chi connectivity index (χ3v) is 7.35. The van der Waals surface area contributed by atoms with E-state index in [2.05, 4.69) is 21.4 Å². The molecule has 2 heterocycles. The van der Waals surface area contributed by atoms with Crippen molar-refractivity contribution in [1.82, 2.24) is 9.97 Å². The molecule has 148 valence electrons. The first-order valence-corrected chi connectivity index (χ1v) is 10.8. The predicted octanol–water partition coefficient (Wildman–Crippen LogP) is 5.98. The van der Waals surface area contributed by atoms with Crippen LogP contribution in [-0.4, -0.2) is 15.9 Å². The van der Waals surface area contributed by atoms with E-state index in [0.717, 1.165) is 49.7 Å². The normalized spacial score (nSPS) is 26.2. The van der Waals surface area contributed by atoms with Crippen LogP contribution in [-0.2, 0) is 4.79 Å². The lowest BCUT2D eigenvalue weighted by Gasteiger charge is -2.52. The summed E-state index contributed by atoms with van der Waals surface area (Å²) in [5, 5.41) is 4.94. The Labute approximate surface area is 175 Å². The summed E-state index contributed by atoms with van der Waals surface area (Å²) < 4.78 is 0. The Kier molecular flexibility index (Phi) is 4.75. The first-order valence-electron chi connectivity index (χ1n) is 10.4. The van der Waals surface area contributed by atoms with Crippen LogP contribution in [0.5, 0.6) is 0 Å². The number of anilines is 1. The van der Waals surface area contributed by atoms with E-state index in [1.165, 1.54) is 10.9 Å². The zero-order valence-corrected chi connectivity index (χ0v) is 17.0. The molecule has 4 nitrogen and oxygen atoms in total. The number of amides is 1. The average molecular weight is 406 g/mol. The Hall–Kier alpha value is -2.46. The lowest BCUT2D eigenvalue weighted by Crippen LogP contribution is -2.48. The maximum absolute atomic E-state index is 12.9. The molecule has 1 aromatic carbocycles. The molecular formula is C24H24ClN3O. The van der Waals surface area contributed by atoms with E-state index in [9.17, 15) is 4.79 Å². The minimum absolute atomic E-state index is 0.120. The topological polar surface area (TPSA) is 54.9 Å². The van der Waals surface area contributed by atoms with Crippen LogP contribution in [0.4, 0.5) is 5.69 Å². The Balaban J connectivity index is 1.28. The number of carbonyl (C=O) groups excluding carboxylic acids is 1. The number of nitrogens with zero attached hydrogens (tertiary/aromatic N) is 2. The fourth-order valence-corrected chi connectivity index (χ4v) is 5.46. The molecule has 5 rings (SSSR count). The third-order valence-electron chi connectivity index (χ3n) is 7.10. The molecule has 0 saturated heterocycles. The molecule has 29 heavy (non-hydrogen) atoms. The summed E-state index contributed by atoms with van der Waals surface area (Å²) in [7, 11) is 0. The summed E-state index contributed by atoms with van der Waals surface area (Å²) >= 11 is 5.95. The van der Waals surface area contributed by atoms with Crippen LogP contribution >= 0.6 is 11.6 Å². The van der Waals surface area contributed by atoms with E-state index in [1.54, 1.807) is 6.20 Å². The minimum Gasteiger partial charge on any atom is -0.326 e. The monoisotopic (exact) mass is 405 g/mol. The number of rotatable bonds is 3. The minimum atomic E-state index is 0.120. The SMILES string of the molecule is O=C(Nc1ccc(Cl)cc1)[C@H]1CCC12CCC(c1ccnc3ccncc13)CC2. The lowest BCUT2D eigenvalue weighted by atomic mass is 9.52. The standard InChI is InChI=1S/C24H24ClN3O/c25-17-1-3-18(4-2-17)28-23(29)21-7-12-24(21)10-5-16(6-11-24)19-8-14-27-22-9-13-26-15-20(19)22/h1-4,8-9,13-16,21H,5-7,10-12H2,(H,28,29)/t16?,21-,24?/m1/s1. The molecule has 0 bridgehead atoms. The molecule has 2 aliphatic rings. The highest BCUT2D eigenvalue weighted by Gasteiger charge is 2.51. The van der Waals surface area contributed by atoms with Crippen LogP contribution in [0, 0.1) is 11.3 Å². The maximum Gasteiger partial charge on any atom is 0.228 e. The highest BCUT2D eigenvalue weighted by molar-refractivity contribution is 6.30. The summed E-state index contributed by atoms with van der Waals surface area (Å²) in [6.07, 6.45) is 12.3. The van der Waals surface area contributed by atoms with Gasteiger partial charge in [0.2, 0.25) is 5.91 Å². The number of hydrogen-bond donors (Lipinski definition) is 1. The van der Waals surface area contributed by atoms with Gasteiger partial charge < -0.3 is 5.32 Å². The predicted molar refractivity (Wildman–Crippen MR) is 116 cm³/mol. The van der Waals surface area contributed by atoms with E-state index in [-0.39, 0.29) is 17.2 Å². The molecule has 0 aliphatic heterocycles. The zero-order valence-electron chi connectivity index (χ0n) is 16.3. The number of carbonyl (C=O) groups is 1. The Bertz CT molecular complexity index is 1040. The summed E-state index contributed by atoms with van der Waals surface area (Å²) in [6.45, 7) is 0. The van der Waals surface area contributed by atoms with Gasteiger partial charge in [0.05, 0.1) is 5.52 Å². The second kappa shape index (κ2) is 7.42. The number of pyridine rings is 2. The largest absolute Gasteiger partial charge is 0.326 e. The van der Waals surface area contributed by atoms with Gasteiger partial charge in [0.25, 0.3) is 0 Å². The molecule has 1 spiro atoms. The molecule has 1 atom stereocenters. The van der Waals surface area contributed by atoms with Gasteiger partial charge >= 0.3 is 0 Å². The number of aromatic nitrogens is 2. The molecule has 5 heteroatoms. The highest BCUT2D eigenvalue weighted by Crippen LogP contribution is 2.58. The van der Waals surface area contributed by atoms with Crippen LogP contribution < -0.4 is 5.32 Å². The van der Waals surface area contributed by atoms with Gasteiger partial charge in [-0.15, -0.1) is 0 Å². The van der Waals surface area contributed by atoms with Crippen molar-refractivity contribution in [2.45, 2.75) is 44.4 Å². The van der Waals surface area contributed by atoms with Crippen LogP contribution in [0.25, 0.3) is 10.9 Å². The Morgan fingerprint density at radius 1 is 1.00 bits per heavy atom. The van der Waals surface area contributed by atoms with Crippen LogP contribution in [0.2, 0.25) is 5.02 Å². The van der Waals surface area contributed by atoms with Crippen LogP contribution in [0.15, 0.2) is 55.0 Å². The first-order chi connectivity index (χ1) is 14.1. The summed E-state index contributed by atoms with van der Waals surface area (Å²) in [6, 6.07) is 11.5. The molecule has 3 aromatic rings. The first kappa shape index (κ1) is 18.6. The molecular weight excluding hydrogens is 382 g/mol. The Morgan fingerprint density at radius 3 is 2.48 bits per heavy atom. The van der Waals surface area contributed by atoms with Gasteiger partial charge in [-0.05, 0) is 91.8 Å². The van der Waals surface area contributed by atoms with Crippen molar-refractivity contribution in [2.75, 3.05) is 5.32 Å². The fraction of sp³-hybridized carbons (Fsp3) is 0.375. The van der Waals surface area contributed by atoms with Gasteiger partial charge in [-0.2, -0.15) is 0 Å². The van der Waals surface area contributed by atoms with Gasteiger partial charge in [0, 0.05) is 40.6 Å². The van der Waals surface area contributed by atoms with Crippen molar-refractivity contribution >= 4 is 34.1 Å². The quantitative estimate of drug-likeness (QED) is 0.583. The molecule has 0 unspecified atom stereocenters. The van der Waals surface area contributed by atoms with Crippen molar-refractivity contribution in [3.05, 3.63) is 65.6 Å². The molecule has 0 radical (unpaired) electrons. The van der Waals surface area contributed by atoms with Crippen molar-refractivity contribution in [1.29, 1.82) is 0 Å². The van der Waals surface area contributed by atoms with Gasteiger partial charge in [0.1, 0.15) is 0 Å². The Morgan fingerprint density at radius 2 is 1.76 bits per heavy atom. The fourth-order valence-electron chi connectivity index (χ4n) is 5.34.